The summed E-state index contributed by atoms with van der Waals surface area (Å²) in [6.07, 6.45) is 1.91. The number of aromatic nitrogens is 1. The topological polar surface area (TPSA) is 73.6 Å². The molecule has 122 valence electrons. The first-order valence-corrected chi connectivity index (χ1v) is 7.63. The first-order valence-electron chi connectivity index (χ1n) is 7.63. The summed E-state index contributed by atoms with van der Waals surface area (Å²) in [5.41, 5.74) is 1.19. The maximum Gasteiger partial charge on any atom is 0.273 e. The lowest BCUT2D eigenvalue weighted by molar-refractivity contribution is 0.0812. The molecule has 0 saturated heterocycles. The molecule has 1 amide bonds. The van der Waals surface area contributed by atoms with E-state index in [1.54, 1.807) is 20.3 Å². The molecule has 1 heterocycles. The Morgan fingerprint density at radius 1 is 1.39 bits per heavy atom. The first-order chi connectivity index (χ1) is 11.2. The Bertz CT molecular complexity index is 679. The third-order valence-corrected chi connectivity index (χ3v) is 3.96. The van der Waals surface area contributed by atoms with Gasteiger partial charge in [0.05, 0.1) is 7.11 Å². The van der Waals surface area contributed by atoms with E-state index < -0.39 is 0 Å². The molecule has 1 fully saturated rings. The molecule has 0 bridgehead atoms. The van der Waals surface area contributed by atoms with Gasteiger partial charge in [-0.15, -0.1) is 0 Å². The molecule has 1 aliphatic carbocycles. The summed E-state index contributed by atoms with van der Waals surface area (Å²) in [6, 6.07) is 9.30. The van der Waals surface area contributed by atoms with Crippen LogP contribution in [0.2, 0.25) is 0 Å². The highest BCUT2D eigenvalue weighted by Crippen LogP contribution is 2.40. The number of ether oxygens (including phenoxy) is 2. The average molecular weight is 316 g/mol. The van der Waals surface area contributed by atoms with E-state index in [-0.39, 0.29) is 12.0 Å². The highest BCUT2D eigenvalue weighted by molar-refractivity contribution is 5.92. The number of carbonyl (C=O) groups is 1. The highest BCUT2D eigenvalue weighted by atomic mass is 16.5. The fourth-order valence-corrected chi connectivity index (χ4v) is 2.49. The van der Waals surface area contributed by atoms with Gasteiger partial charge in [-0.3, -0.25) is 4.79 Å². The molecule has 1 aromatic carbocycles. The monoisotopic (exact) mass is 316 g/mol. The fraction of sp³-hybridized carbons (Fsp3) is 0.412. The molecule has 2 aromatic rings. The number of methoxy groups -OCH3 is 2. The highest BCUT2D eigenvalue weighted by Gasteiger charge is 2.29. The summed E-state index contributed by atoms with van der Waals surface area (Å²) >= 11 is 0. The van der Waals surface area contributed by atoms with Gasteiger partial charge in [-0.25, -0.2) is 0 Å². The molecular formula is C17H20N2O4. The maximum absolute atomic E-state index is 12.2. The number of benzene rings is 1. The molecule has 0 radical (unpaired) electrons. The summed E-state index contributed by atoms with van der Waals surface area (Å²) in [5, 5.41) is 6.67. The van der Waals surface area contributed by atoms with Gasteiger partial charge < -0.3 is 19.3 Å². The molecule has 1 aliphatic rings. The largest absolute Gasteiger partial charge is 0.496 e. The van der Waals surface area contributed by atoms with Gasteiger partial charge in [-0.1, -0.05) is 23.4 Å². The van der Waals surface area contributed by atoms with Crippen molar-refractivity contribution in [2.45, 2.75) is 24.9 Å². The lowest BCUT2D eigenvalue weighted by Gasteiger charge is -2.18. The van der Waals surface area contributed by atoms with Gasteiger partial charge in [0.1, 0.15) is 17.6 Å². The Kier molecular flexibility index (Phi) is 4.62. The van der Waals surface area contributed by atoms with Gasteiger partial charge >= 0.3 is 0 Å². The lowest BCUT2D eigenvalue weighted by Crippen LogP contribution is -2.29. The van der Waals surface area contributed by atoms with Crippen LogP contribution in [0.5, 0.6) is 5.75 Å². The minimum atomic E-state index is -0.301. The SMILES string of the molecule is COc1ccccc1[C@H](CNC(=O)c1cc(C2CC2)on1)OC. The van der Waals surface area contributed by atoms with Crippen LogP contribution in [0.1, 0.15) is 46.7 Å². The molecule has 6 heteroatoms. The molecule has 23 heavy (non-hydrogen) atoms. The van der Waals surface area contributed by atoms with E-state index in [0.29, 0.717) is 18.2 Å². The van der Waals surface area contributed by atoms with E-state index in [1.807, 2.05) is 24.3 Å². The van der Waals surface area contributed by atoms with Crippen molar-refractivity contribution in [2.24, 2.45) is 0 Å². The molecule has 1 N–H and O–H groups in total. The number of amides is 1. The van der Waals surface area contributed by atoms with Crippen molar-refractivity contribution in [1.29, 1.82) is 0 Å². The standard InChI is InChI=1S/C17H20N2O4/c1-21-14-6-4-3-5-12(14)16(22-2)10-18-17(20)13-9-15(23-19-13)11-7-8-11/h3-6,9,11,16H,7-8,10H2,1-2H3,(H,18,20)/t16-/m0/s1. The third-order valence-electron chi connectivity index (χ3n) is 3.96. The molecule has 3 rings (SSSR count). The normalized spacial score (nSPS) is 15.2. The van der Waals surface area contributed by atoms with Crippen LogP contribution in [0.4, 0.5) is 0 Å². The van der Waals surface area contributed by atoms with E-state index in [4.69, 9.17) is 14.0 Å². The quantitative estimate of drug-likeness (QED) is 0.850. The number of para-hydroxylation sites is 1. The van der Waals surface area contributed by atoms with Crippen molar-refractivity contribution in [3.05, 3.63) is 47.3 Å². The van der Waals surface area contributed by atoms with Crippen LogP contribution in [0.25, 0.3) is 0 Å². The molecule has 1 saturated carbocycles. The average Bonchev–Trinajstić information content (AvgIpc) is 3.32. The minimum absolute atomic E-state index is 0.266. The van der Waals surface area contributed by atoms with Crippen molar-refractivity contribution in [3.63, 3.8) is 0 Å². The summed E-state index contributed by atoms with van der Waals surface area (Å²) in [5.74, 6) is 1.69. The summed E-state index contributed by atoms with van der Waals surface area (Å²) in [7, 11) is 3.21. The van der Waals surface area contributed by atoms with Gasteiger partial charge in [0.2, 0.25) is 0 Å². The molecule has 0 spiro atoms. The third kappa shape index (κ3) is 3.53. The minimum Gasteiger partial charge on any atom is -0.496 e. The molecule has 1 aromatic heterocycles. The van der Waals surface area contributed by atoms with Gasteiger partial charge in [0, 0.05) is 31.2 Å². The smallest absolute Gasteiger partial charge is 0.273 e. The van der Waals surface area contributed by atoms with Gasteiger partial charge in [0.15, 0.2) is 5.69 Å². The van der Waals surface area contributed by atoms with Crippen LogP contribution in [-0.2, 0) is 4.74 Å². The number of hydrogen-bond donors (Lipinski definition) is 1. The van der Waals surface area contributed by atoms with Crippen molar-refractivity contribution >= 4 is 5.91 Å². The number of rotatable bonds is 7. The summed E-state index contributed by atoms with van der Waals surface area (Å²) in [6.45, 7) is 0.321. The van der Waals surface area contributed by atoms with E-state index in [0.717, 1.165) is 29.9 Å². The second-order valence-corrected chi connectivity index (χ2v) is 5.57. The molecule has 6 nitrogen and oxygen atoms in total. The number of nitrogens with one attached hydrogen (secondary N) is 1. The Hall–Kier alpha value is -2.34. The molecule has 0 aliphatic heterocycles. The summed E-state index contributed by atoms with van der Waals surface area (Å²) < 4.78 is 16.0. The first kappa shape index (κ1) is 15.6. The predicted octanol–water partition coefficient (Wildman–Crippen LogP) is 2.68. The Morgan fingerprint density at radius 2 is 2.17 bits per heavy atom. The predicted molar refractivity (Wildman–Crippen MR) is 83.6 cm³/mol. The van der Waals surface area contributed by atoms with Crippen LogP contribution in [-0.4, -0.2) is 31.8 Å². The van der Waals surface area contributed by atoms with Crippen LogP contribution in [0.15, 0.2) is 34.9 Å². The lowest BCUT2D eigenvalue weighted by atomic mass is 10.1. The van der Waals surface area contributed by atoms with E-state index in [2.05, 4.69) is 10.5 Å². The zero-order valence-electron chi connectivity index (χ0n) is 13.2. The van der Waals surface area contributed by atoms with E-state index in [1.165, 1.54) is 0 Å². The molecule has 1 atom stereocenters. The van der Waals surface area contributed by atoms with E-state index in [9.17, 15) is 4.79 Å². The zero-order valence-corrected chi connectivity index (χ0v) is 13.2. The Labute approximate surface area is 134 Å². The number of nitrogens with zero attached hydrogens (tertiary/aromatic N) is 1. The zero-order chi connectivity index (χ0) is 16.2. The van der Waals surface area contributed by atoms with E-state index >= 15 is 0 Å². The van der Waals surface area contributed by atoms with Crippen molar-refractivity contribution < 1.29 is 18.8 Å². The van der Waals surface area contributed by atoms with Crippen molar-refractivity contribution in [2.75, 3.05) is 20.8 Å². The van der Waals surface area contributed by atoms with Gasteiger partial charge in [-0.05, 0) is 18.9 Å². The number of hydrogen-bond acceptors (Lipinski definition) is 5. The maximum atomic E-state index is 12.2. The van der Waals surface area contributed by atoms with Crippen molar-refractivity contribution in [1.82, 2.24) is 10.5 Å². The summed E-state index contributed by atoms with van der Waals surface area (Å²) in [4.78, 5) is 12.2. The number of carbonyl (C=O) groups excluding carboxylic acids is 1. The molecular weight excluding hydrogens is 296 g/mol. The Morgan fingerprint density at radius 3 is 2.87 bits per heavy atom. The van der Waals surface area contributed by atoms with Gasteiger partial charge in [-0.2, -0.15) is 0 Å². The van der Waals surface area contributed by atoms with Crippen LogP contribution >= 0.6 is 0 Å². The Balaban J connectivity index is 1.63. The van der Waals surface area contributed by atoms with Crippen LogP contribution in [0.3, 0.4) is 0 Å². The van der Waals surface area contributed by atoms with Crippen molar-refractivity contribution in [3.8, 4) is 5.75 Å². The van der Waals surface area contributed by atoms with Crippen LogP contribution in [0, 0.1) is 0 Å². The second-order valence-electron chi connectivity index (χ2n) is 5.57. The van der Waals surface area contributed by atoms with Crippen LogP contribution < -0.4 is 10.1 Å². The molecule has 0 unspecified atom stereocenters. The van der Waals surface area contributed by atoms with Gasteiger partial charge in [0.25, 0.3) is 5.91 Å². The second kappa shape index (κ2) is 6.83. The fourth-order valence-electron chi connectivity index (χ4n) is 2.49.